The van der Waals surface area contributed by atoms with Crippen molar-refractivity contribution < 1.29 is 9.47 Å². The molecule has 0 radical (unpaired) electrons. The number of pyridine rings is 1. The van der Waals surface area contributed by atoms with Gasteiger partial charge in [0.15, 0.2) is 12.1 Å². The number of para-hydroxylation sites is 1. The number of anilines is 1. The molecule has 0 amide bonds. The fourth-order valence-corrected chi connectivity index (χ4v) is 3.24. The van der Waals surface area contributed by atoms with Crippen molar-refractivity contribution in [1.29, 1.82) is 0 Å². The van der Waals surface area contributed by atoms with Crippen molar-refractivity contribution in [2.24, 2.45) is 0 Å². The van der Waals surface area contributed by atoms with Crippen LogP contribution in [0.5, 0.6) is 0 Å². The molecular weight excluding hydrogens is 316 g/mol. The Balaban J connectivity index is 2.06. The number of nitrogens with zero attached hydrogens (tertiary/aromatic N) is 3. The second kappa shape index (κ2) is 7.80. The number of aromatic nitrogens is 3. The number of hydrogen-bond donors (Lipinski definition) is 1. The number of benzene rings is 1. The van der Waals surface area contributed by atoms with Crippen LogP contribution in [0.2, 0.25) is 0 Å². The molecule has 0 fully saturated rings. The molecule has 0 bridgehead atoms. The van der Waals surface area contributed by atoms with E-state index in [2.05, 4.69) is 22.5 Å². The first kappa shape index (κ1) is 17.6. The Hall–Kier alpha value is -2.18. The SMILES string of the molecule is CCOC(CCn1c(CC)nc2c(N)nc3ccccc3c21)OCC. The normalized spacial score (nSPS) is 11.8. The highest BCUT2D eigenvalue weighted by Gasteiger charge is 2.17. The minimum absolute atomic E-state index is 0.206. The van der Waals surface area contributed by atoms with Crippen molar-refractivity contribution in [3.8, 4) is 0 Å². The number of aryl methyl sites for hydroxylation is 2. The first-order chi connectivity index (χ1) is 12.2. The minimum atomic E-state index is -0.206. The maximum Gasteiger partial charge on any atom is 0.159 e. The average Bonchev–Trinajstić information content (AvgIpc) is 3.00. The monoisotopic (exact) mass is 342 g/mol. The van der Waals surface area contributed by atoms with Gasteiger partial charge in [0.25, 0.3) is 0 Å². The average molecular weight is 342 g/mol. The highest BCUT2D eigenvalue weighted by molar-refractivity contribution is 6.06. The van der Waals surface area contributed by atoms with Gasteiger partial charge in [0.05, 0.1) is 11.0 Å². The summed E-state index contributed by atoms with van der Waals surface area (Å²) in [5, 5.41) is 1.07. The van der Waals surface area contributed by atoms with E-state index in [1.165, 1.54) is 0 Å². The van der Waals surface area contributed by atoms with E-state index >= 15 is 0 Å². The van der Waals surface area contributed by atoms with Crippen LogP contribution in [-0.2, 0) is 22.4 Å². The van der Waals surface area contributed by atoms with E-state index in [0.29, 0.717) is 19.0 Å². The van der Waals surface area contributed by atoms with Crippen LogP contribution in [0.4, 0.5) is 5.82 Å². The van der Waals surface area contributed by atoms with E-state index in [4.69, 9.17) is 20.2 Å². The van der Waals surface area contributed by atoms with Crippen LogP contribution >= 0.6 is 0 Å². The highest BCUT2D eigenvalue weighted by Crippen LogP contribution is 2.29. The lowest BCUT2D eigenvalue weighted by Crippen LogP contribution is -2.20. The summed E-state index contributed by atoms with van der Waals surface area (Å²) in [4.78, 5) is 9.24. The quantitative estimate of drug-likeness (QED) is 0.634. The third kappa shape index (κ3) is 3.45. The van der Waals surface area contributed by atoms with Crippen LogP contribution in [0.1, 0.15) is 33.0 Å². The molecule has 6 heteroatoms. The first-order valence-electron chi connectivity index (χ1n) is 8.96. The maximum absolute atomic E-state index is 6.17. The van der Waals surface area contributed by atoms with Gasteiger partial charge in [-0.25, -0.2) is 9.97 Å². The van der Waals surface area contributed by atoms with Crippen LogP contribution in [0.25, 0.3) is 21.9 Å². The van der Waals surface area contributed by atoms with E-state index in [0.717, 1.165) is 47.1 Å². The predicted octanol–water partition coefficient (Wildman–Crippen LogP) is 3.52. The number of nitrogen functional groups attached to an aromatic ring is 1. The largest absolute Gasteiger partial charge is 0.382 e. The van der Waals surface area contributed by atoms with Gasteiger partial charge >= 0.3 is 0 Å². The standard InChI is InChI=1S/C19H26N4O2/c1-4-15-22-17-18(13-9-7-8-10-14(13)21-19(17)20)23(15)12-11-16(24-5-2)25-6-3/h7-10,16H,4-6,11-12H2,1-3H3,(H2,20,21). The van der Waals surface area contributed by atoms with Crippen LogP contribution in [0.3, 0.4) is 0 Å². The van der Waals surface area contributed by atoms with Gasteiger partial charge < -0.3 is 19.8 Å². The van der Waals surface area contributed by atoms with E-state index in [-0.39, 0.29) is 6.29 Å². The summed E-state index contributed by atoms with van der Waals surface area (Å²) in [5.74, 6) is 1.49. The highest BCUT2D eigenvalue weighted by atomic mass is 16.7. The molecule has 1 aromatic carbocycles. The van der Waals surface area contributed by atoms with E-state index < -0.39 is 0 Å². The third-order valence-corrected chi connectivity index (χ3v) is 4.30. The summed E-state index contributed by atoms with van der Waals surface area (Å²) in [7, 11) is 0. The minimum Gasteiger partial charge on any atom is -0.382 e. The van der Waals surface area contributed by atoms with Gasteiger partial charge in [-0.3, -0.25) is 0 Å². The van der Waals surface area contributed by atoms with Crippen molar-refractivity contribution in [2.45, 2.75) is 46.4 Å². The molecule has 134 valence electrons. The van der Waals surface area contributed by atoms with Crippen LogP contribution in [0, 0.1) is 0 Å². The predicted molar refractivity (Wildman–Crippen MR) is 100 cm³/mol. The van der Waals surface area contributed by atoms with Crippen molar-refractivity contribution >= 4 is 27.8 Å². The van der Waals surface area contributed by atoms with E-state index in [1.807, 2.05) is 32.0 Å². The molecule has 3 rings (SSSR count). The lowest BCUT2D eigenvalue weighted by molar-refractivity contribution is -0.140. The van der Waals surface area contributed by atoms with Crippen LogP contribution in [0.15, 0.2) is 24.3 Å². The number of fused-ring (bicyclic) bond motifs is 3. The Morgan fingerprint density at radius 2 is 1.80 bits per heavy atom. The Morgan fingerprint density at radius 3 is 2.48 bits per heavy atom. The fourth-order valence-electron chi connectivity index (χ4n) is 3.24. The molecule has 0 aliphatic carbocycles. The van der Waals surface area contributed by atoms with Crippen LogP contribution < -0.4 is 5.73 Å². The smallest absolute Gasteiger partial charge is 0.159 e. The van der Waals surface area contributed by atoms with Gasteiger partial charge in [0, 0.05) is 38.0 Å². The van der Waals surface area contributed by atoms with Crippen molar-refractivity contribution in [3.05, 3.63) is 30.1 Å². The number of nitrogens with two attached hydrogens (primary N) is 1. The van der Waals surface area contributed by atoms with Gasteiger partial charge in [-0.2, -0.15) is 0 Å². The maximum atomic E-state index is 6.17. The molecule has 2 heterocycles. The summed E-state index contributed by atoms with van der Waals surface area (Å²) >= 11 is 0. The Labute approximate surface area is 148 Å². The summed E-state index contributed by atoms with van der Waals surface area (Å²) < 4.78 is 13.6. The molecular formula is C19H26N4O2. The first-order valence-corrected chi connectivity index (χ1v) is 8.96. The summed E-state index contributed by atoms with van der Waals surface area (Å²) in [6.45, 7) is 8.10. The molecule has 3 aromatic rings. The zero-order chi connectivity index (χ0) is 17.8. The molecule has 6 nitrogen and oxygen atoms in total. The second-order valence-corrected chi connectivity index (χ2v) is 5.87. The molecule has 0 saturated heterocycles. The molecule has 0 atom stereocenters. The second-order valence-electron chi connectivity index (χ2n) is 5.87. The lowest BCUT2D eigenvalue weighted by Gasteiger charge is -2.18. The molecule has 2 aromatic heterocycles. The zero-order valence-corrected chi connectivity index (χ0v) is 15.2. The Bertz CT molecular complexity index is 853. The summed E-state index contributed by atoms with van der Waals surface area (Å²) in [5.41, 5.74) is 8.89. The number of imidazole rings is 1. The Kier molecular flexibility index (Phi) is 5.50. The molecule has 0 aliphatic heterocycles. The number of ether oxygens (including phenoxy) is 2. The molecule has 0 saturated carbocycles. The van der Waals surface area contributed by atoms with Gasteiger partial charge in [-0.1, -0.05) is 25.1 Å². The summed E-state index contributed by atoms with van der Waals surface area (Å²) in [6, 6.07) is 8.05. The molecule has 25 heavy (non-hydrogen) atoms. The van der Waals surface area contributed by atoms with Crippen molar-refractivity contribution in [3.63, 3.8) is 0 Å². The molecule has 0 unspecified atom stereocenters. The lowest BCUT2D eigenvalue weighted by atomic mass is 10.2. The number of hydrogen-bond acceptors (Lipinski definition) is 5. The third-order valence-electron chi connectivity index (χ3n) is 4.30. The summed E-state index contributed by atoms with van der Waals surface area (Å²) in [6.07, 6.45) is 1.38. The van der Waals surface area contributed by atoms with Gasteiger partial charge in [-0.05, 0) is 19.9 Å². The Morgan fingerprint density at radius 1 is 1.08 bits per heavy atom. The van der Waals surface area contributed by atoms with E-state index in [1.54, 1.807) is 0 Å². The van der Waals surface area contributed by atoms with Gasteiger partial charge in [0.2, 0.25) is 0 Å². The van der Waals surface area contributed by atoms with Gasteiger partial charge in [-0.15, -0.1) is 0 Å². The topological polar surface area (TPSA) is 75.2 Å². The molecule has 0 aliphatic rings. The number of rotatable bonds is 8. The van der Waals surface area contributed by atoms with Crippen molar-refractivity contribution in [1.82, 2.24) is 14.5 Å². The van der Waals surface area contributed by atoms with Crippen LogP contribution in [-0.4, -0.2) is 34.0 Å². The van der Waals surface area contributed by atoms with Crippen molar-refractivity contribution in [2.75, 3.05) is 18.9 Å². The zero-order valence-electron chi connectivity index (χ0n) is 15.2. The molecule has 2 N–H and O–H groups in total. The fraction of sp³-hybridized carbons (Fsp3) is 0.474. The van der Waals surface area contributed by atoms with E-state index in [9.17, 15) is 0 Å². The van der Waals surface area contributed by atoms with Gasteiger partial charge in [0.1, 0.15) is 11.3 Å². The molecule has 0 spiro atoms.